The minimum Gasteiger partial charge on any atom is -0.497 e. The van der Waals surface area contributed by atoms with Crippen LogP contribution in [0.1, 0.15) is 24.8 Å². The van der Waals surface area contributed by atoms with Crippen LogP contribution in [0.4, 0.5) is 0 Å². The summed E-state index contributed by atoms with van der Waals surface area (Å²) in [5.41, 5.74) is 10.3. The Hall–Kier alpha value is -1.90. The number of benzene rings is 1. The van der Waals surface area contributed by atoms with E-state index in [1.807, 2.05) is 24.3 Å². The van der Waals surface area contributed by atoms with Gasteiger partial charge in [-0.2, -0.15) is 0 Å². The summed E-state index contributed by atoms with van der Waals surface area (Å²) in [6.45, 7) is 4.83. The van der Waals surface area contributed by atoms with Crippen molar-refractivity contribution in [3.63, 3.8) is 0 Å². The van der Waals surface area contributed by atoms with Crippen molar-refractivity contribution in [1.29, 1.82) is 0 Å². The molecule has 0 heterocycles. The van der Waals surface area contributed by atoms with Gasteiger partial charge in [0, 0.05) is 12.2 Å². The molecule has 1 aliphatic carbocycles. The van der Waals surface area contributed by atoms with Crippen molar-refractivity contribution < 1.29 is 4.74 Å². The SMILES string of the molecule is C=C1CCCC(N)=C1NCc1ccc(OC)cc1. The molecule has 2 rings (SSSR count). The Morgan fingerprint density at radius 3 is 2.61 bits per heavy atom. The molecule has 3 nitrogen and oxygen atoms in total. The van der Waals surface area contributed by atoms with E-state index < -0.39 is 0 Å². The first kappa shape index (κ1) is 12.6. The number of nitrogens with two attached hydrogens (primary N) is 1. The van der Waals surface area contributed by atoms with Crippen LogP contribution >= 0.6 is 0 Å². The van der Waals surface area contributed by atoms with Gasteiger partial charge >= 0.3 is 0 Å². The molecule has 18 heavy (non-hydrogen) atoms. The normalized spacial score (nSPS) is 15.7. The average molecular weight is 244 g/mol. The van der Waals surface area contributed by atoms with Crippen LogP contribution in [0, 0.1) is 0 Å². The highest BCUT2D eigenvalue weighted by Gasteiger charge is 2.13. The Morgan fingerprint density at radius 2 is 2.00 bits per heavy atom. The van der Waals surface area contributed by atoms with Crippen LogP contribution in [-0.2, 0) is 6.54 Å². The van der Waals surface area contributed by atoms with Crippen molar-refractivity contribution >= 4 is 0 Å². The predicted molar refractivity (Wildman–Crippen MR) is 74.0 cm³/mol. The maximum Gasteiger partial charge on any atom is 0.118 e. The highest BCUT2D eigenvalue weighted by atomic mass is 16.5. The maximum atomic E-state index is 6.02. The summed E-state index contributed by atoms with van der Waals surface area (Å²) in [5, 5.41) is 3.39. The number of hydrogen-bond donors (Lipinski definition) is 2. The molecular formula is C15H20N2O. The zero-order valence-corrected chi connectivity index (χ0v) is 10.8. The molecule has 3 N–H and O–H groups in total. The van der Waals surface area contributed by atoms with E-state index in [0.29, 0.717) is 0 Å². The summed E-state index contributed by atoms with van der Waals surface area (Å²) >= 11 is 0. The van der Waals surface area contributed by atoms with Gasteiger partial charge < -0.3 is 15.8 Å². The molecule has 1 aromatic rings. The molecule has 0 fully saturated rings. The standard InChI is InChI=1S/C15H20N2O/c1-11-4-3-5-14(16)15(11)17-10-12-6-8-13(18-2)9-7-12/h6-9,17H,1,3-5,10,16H2,2H3. The van der Waals surface area contributed by atoms with Crippen molar-refractivity contribution in [2.75, 3.05) is 7.11 Å². The van der Waals surface area contributed by atoms with E-state index in [2.05, 4.69) is 11.9 Å². The number of allylic oxidation sites excluding steroid dienone is 2. The lowest BCUT2D eigenvalue weighted by Gasteiger charge is -2.21. The molecule has 96 valence electrons. The van der Waals surface area contributed by atoms with Gasteiger partial charge in [0.15, 0.2) is 0 Å². The third kappa shape index (κ3) is 2.86. The second kappa shape index (κ2) is 5.63. The summed E-state index contributed by atoms with van der Waals surface area (Å²) in [4.78, 5) is 0. The lowest BCUT2D eigenvalue weighted by atomic mass is 9.97. The molecular weight excluding hydrogens is 224 g/mol. The summed E-state index contributed by atoms with van der Waals surface area (Å²) in [5.74, 6) is 0.875. The zero-order valence-electron chi connectivity index (χ0n) is 10.8. The van der Waals surface area contributed by atoms with Gasteiger partial charge in [-0.1, -0.05) is 18.7 Å². The van der Waals surface area contributed by atoms with E-state index in [-0.39, 0.29) is 0 Å². The summed E-state index contributed by atoms with van der Waals surface area (Å²) < 4.78 is 5.13. The van der Waals surface area contributed by atoms with Crippen LogP contribution in [0.5, 0.6) is 5.75 Å². The molecule has 0 unspecified atom stereocenters. The monoisotopic (exact) mass is 244 g/mol. The first-order valence-electron chi connectivity index (χ1n) is 6.24. The second-order valence-electron chi connectivity index (χ2n) is 4.56. The number of methoxy groups -OCH3 is 1. The molecule has 0 radical (unpaired) electrons. The Bertz CT molecular complexity index is 460. The maximum absolute atomic E-state index is 6.02. The Balaban J connectivity index is 2.00. The van der Waals surface area contributed by atoms with Crippen LogP contribution in [0.3, 0.4) is 0 Å². The fourth-order valence-electron chi connectivity index (χ4n) is 2.14. The second-order valence-corrected chi connectivity index (χ2v) is 4.56. The van der Waals surface area contributed by atoms with E-state index >= 15 is 0 Å². The van der Waals surface area contributed by atoms with Gasteiger partial charge in [-0.25, -0.2) is 0 Å². The molecule has 1 aromatic carbocycles. The van der Waals surface area contributed by atoms with Gasteiger partial charge in [-0.3, -0.25) is 0 Å². The van der Waals surface area contributed by atoms with Crippen molar-refractivity contribution in [1.82, 2.24) is 5.32 Å². The van der Waals surface area contributed by atoms with E-state index in [1.54, 1.807) is 7.11 Å². The molecule has 3 heteroatoms. The first-order chi connectivity index (χ1) is 8.70. The third-order valence-corrected chi connectivity index (χ3v) is 3.23. The van der Waals surface area contributed by atoms with Gasteiger partial charge in [0.05, 0.1) is 12.8 Å². The largest absolute Gasteiger partial charge is 0.497 e. The van der Waals surface area contributed by atoms with E-state index in [0.717, 1.165) is 48.5 Å². The van der Waals surface area contributed by atoms with Crippen LogP contribution in [0.2, 0.25) is 0 Å². The Morgan fingerprint density at radius 1 is 1.28 bits per heavy atom. The third-order valence-electron chi connectivity index (χ3n) is 3.23. The number of ether oxygens (including phenoxy) is 1. The Labute approximate surface area is 108 Å². The smallest absolute Gasteiger partial charge is 0.118 e. The molecule has 0 saturated heterocycles. The van der Waals surface area contributed by atoms with Crippen molar-refractivity contribution in [3.05, 3.63) is 53.4 Å². The highest BCUT2D eigenvalue weighted by Crippen LogP contribution is 2.24. The zero-order chi connectivity index (χ0) is 13.0. The lowest BCUT2D eigenvalue weighted by molar-refractivity contribution is 0.414. The minimum absolute atomic E-state index is 0.763. The lowest BCUT2D eigenvalue weighted by Crippen LogP contribution is -2.22. The number of hydrogen-bond acceptors (Lipinski definition) is 3. The van der Waals surface area contributed by atoms with E-state index in [4.69, 9.17) is 10.5 Å². The van der Waals surface area contributed by atoms with Crippen LogP contribution < -0.4 is 15.8 Å². The quantitative estimate of drug-likeness (QED) is 0.856. The fourth-order valence-corrected chi connectivity index (χ4v) is 2.14. The van der Waals surface area contributed by atoms with Gasteiger partial charge in [0.2, 0.25) is 0 Å². The van der Waals surface area contributed by atoms with Gasteiger partial charge in [0.1, 0.15) is 5.75 Å². The van der Waals surface area contributed by atoms with Crippen molar-refractivity contribution in [3.8, 4) is 5.75 Å². The summed E-state index contributed by atoms with van der Waals surface area (Å²) in [6.07, 6.45) is 3.11. The predicted octanol–water partition coefficient (Wildman–Crippen LogP) is 2.70. The minimum atomic E-state index is 0.763. The van der Waals surface area contributed by atoms with Crippen LogP contribution in [-0.4, -0.2) is 7.11 Å². The van der Waals surface area contributed by atoms with E-state index in [1.165, 1.54) is 5.56 Å². The molecule has 0 atom stereocenters. The molecule has 0 aromatic heterocycles. The van der Waals surface area contributed by atoms with Gasteiger partial charge in [-0.05, 0) is 42.5 Å². The van der Waals surface area contributed by atoms with Crippen LogP contribution in [0.15, 0.2) is 47.8 Å². The van der Waals surface area contributed by atoms with Crippen LogP contribution in [0.25, 0.3) is 0 Å². The fraction of sp³-hybridized carbons (Fsp3) is 0.333. The van der Waals surface area contributed by atoms with E-state index in [9.17, 15) is 0 Å². The highest BCUT2D eigenvalue weighted by molar-refractivity contribution is 5.34. The topological polar surface area (TPSA) is 47.3 Å². The Kier molecular flexibility index (Phi) is 3.92. The molecule has 0 spiro atoms. The average Bonchev–Trinajstić information content (AvgIpc) is 2.39. The first-order valence-corrected chi connectivity index (χ1v) is 6.24. The van der Waals surface area contributed by atoms with Crippen molar-refractivity contribution in [2.45, 2.75) is 25.8 Å². The van der Waals surface area contributed by atoms with Crippen molar-refractivity contribution in [2.24, 2.45) is 5.73 Å². The molecule has 0 amide bonds. The molecule has 1 aliphatic rings. The van der Waals surface area contributed by atoms with Gasteiger partial charge in [0.25, 0.3) is 0 Å². The number of rotatable bonds is 4. The summed E-state index contributed by atoms with van der Waals surface area (Å²) in [6, 6.07) is 8.03. The van der Waals surface area contributed by atoms with Gasteiger partial charge in [-0.15, -0.1) is 0 Å². The molecule has 0 aliphatic heterocycles. The summed E-state index contributed by atoms with van der Waals surface area (Å²) in [7, 11) is 1.67. The molecule has 0 saturated carbocycles. The number of nitrogens with one attached hydrogen (secondary N) is 1. The molecule has 0 bridgehead atoms.